The molecule has 0 unspecified atom stereocenters. The summed E-state index contributed by atoms with van der Waals surface area (Å²) in [6.07, 6.45) is 6.86. The largest absolute Gasteiger partial charge is 0.335 e. The van der Waals surface area contributed by atoms with Crippen molar-refractivity contribution in [3.63, 3.8) is 0 Å². The Morgan fingerprint density at radius 2 is 2.05 bits per heavy atom. The molecule has 1 saturated carbocycles. The van der Waals surface area contributed by atoms with E-state index < -0.39 is 0 Å². The van der Waals surface area contributed by atoms with Crippen LogP contribution in [0.2, 0.25) is 0 Å². The molecule has 2 rings (SSSR count). The Bertz CT molecular complexity index is 442. The van der Waals surface area contributed by atoms with Crippen molar-refractivity contribution >= 4 is 27.6 Å². The molecule has 1 aromatic carbocycles. The van der Waals surface area contributed by atoms with Crippen LogP contribution >= 0.6 is 15.9 Å². The minimum atomic E-state index is -0.0797. The number of halogens is 1. The lowest BCUT2D eigenvalue weighted by Gasteiger charge is -2.23. The van der Waals surface area contributed by atoms with Gasteiger partial charge in [0.1, 0.15) is 0 Å². The number of rotatable bonds is 3. The van der Waals surface area contributed by atoms with Gasteiger partial charge in [-0.3, -0.25) is 0 Å². The Kier molecular flexibility index (Phi) is 5.25. The number of anilines is 1. The Balaban J connectivity index is 1.94. The maximum Gasteiger partial charge on any atom is 0.319 e. The zero-order valence-electron chi connectivity index (χ0n) is 11.3. The molecule has 1 aliphatic rings. The third-order valence-corrected chi connectivity index (χ3v) is 4.13. The summed E-state index contributed by atoms with van der Waals surface area (Å²) in [5, 5.41) is 6.04. The van der Waals surface area contributed by atoms with Crippen molar-refractivity contribution in [1.29, 1.82) is 0 Å². The maximum atomic E-state index is 12.0. The van der Waals surface area contributed by atoms with Crippen molar-refractivity contribution in [2.24, 2.45) is 0 Å². The van der Waals surface area contributed by atoms with Crippen molar-refractivity contribution in [2.75, 3.05) is 5.32 Å². The van der Waals surface area contributed by atoms with E-state index >= 15 is 0 Å². The highest BCUT2D eigenvalue weighted by Gasteiger charge is 2.16. The molecule has 4 heteroatoms. The van der Waals surface area contributed by atoms with E-state index in [1.54, 1.807) is 0 Å². The summed E-state index contributed by atoms with van der Waals surface area (Å²) in [5.74, 6) is 0. The molecule has 0 spiro atoms. The zero-order chi connectivity index (χ0) is 13.7. The average Bonchev–Trinajstić information content (AvgIpc) is 2.42. The molecule has 1 aliphatic carbocycles. The first-order valence-electron chi connectivity index (χ1n) is 7.05. The average molecular weight is 325 g/mol. The monoisotopic (exact) mass is 324 g/mol. The molecule has 0 radical (unpaired) electrons. The van der Waals surface area contributed by atoms with Crippen LogP contribution in [0.25, 0.3) is 0 Å². The molecule has 3 nitrogen and oxygen atoms in total. The van der Waals surface area contributed by atoms with Gasteiger partial charge in [0.25, 0.3) is 0 Å². The van der Waals surface area contributed by atoms with Gasteiger partial charge in [-0.15, -0.1) is 0 Å². The molecule has 19 heavy (non-hydrogen) atoms. The molecular formula is C15H21BrN2O. The molecule has 2 amide bonds. The number of nitrogens with one attached hydrogen (secondary N) is 2. The lowest BCUT2D eigenvalue weighted by molar-refractivity contribution is 0.244. The van der Waals surface area contributed by atoms with Crippen molar-refractivity contribution in [2.45, 2.75) is 51.5 Å². The van der Waals surface area contributed by atoms with Gasteiger partial charge in [-0.1, -0.05) is 42.1 Å². The lowest BCUT2D eigenvalue weighted by atomic mass is 9.96. The van der Waals surface area contributed by atoms with E-state index in [9.17, 15) is 4.79 Å². The minimum Gasteiger partial charge on any atom is -0.335 e. The SMILES string of the molecule is CCc1cc(Br)ccc1NC(=O)NC1CCCCC1. The van der Waals surface area contributed by atoms with Crippen molar-refractivity contribution in [3.05, 3.63) is 28.2 Å². The molecular weight excluding hydrogens is 304 g/mol. The van der Waals surface area contributed by atoms with Crippen molar-refractivity contribution in [3.8, 4) is 0 Å². The number of hydrogen-bond donors (Lipinski definition) is 2. The number of carbonyl (C=O) groups is 1. The standard InChI is InChI=1S/C15H21BrN2O/c1-2-11-10-12(16)8-9-14(11)18-15(19)17-13-6-4-3-5-7-13/h8-10,13H,2-7H2,1H3,(H2,17,18,19). The van der Waals surface area contributed by atoms with Gasteiger partial charge in [0.2, 0.25) is 0 Å². The summed E-state index contributed by atoms with van der Waals surface area (Å²) < 4.78 is 1.04. The van der Waals surface area contributed by atoms with E-state index in [1.165, 1.54) is 19.3 Å². The Hall–Kier alpha value is -1.03. The third kappa shape index (κ3) is 4.23. The highest BCUT2D eigenvalue weighted by Crippen LogP contribution is 2.22. The second-order valence-electron chi connectivity index (χ2n) is 5.09. The third-order valence-electron chi connectivity index (χ3n) is 3.64. The second kappa shape index (κ2) is 6.94. The van der Waals surface area contributed by atoms with Gasteiger partial charge in [-0.05, 0) is 43.0 Å². The molecule has 0 atom stereocenters. The summed E-state index contributed by atoms with van der Waals surface area (Å²) in [6.45, 7) is 2.09. The van der Waals surface area contributed by atoms with Crippen LogP contribution in [0.1, 0.15) is 44.6 Å². The predicted molar refractivity (Wildman–Crippen MR) is 82.5 cm³/mol. The van der Waals surface area contributed by atoms with Gasteiger partial charge in [0, 0.05) is 16.2 Å². The molecule has 1 aromatic rings. The first kappa shape index (κ1) is 14.4. The highest BCUT2D eigenvalue weighted by molar-refractivity contribution is 9.10. The summed E-state index contributed by atoms with van der Waals surface area (Å²) in [4.78, 5) is 12.0. The predicted octanol–water partition coefficient (Wildman–Crippen LogP) is 4.47. The first-order valence-corrected chi connectivity index (χ1v) is 7.84. The number of carbonyl (C=O) groups excluding carboxylic acids is 1. The fourth-order valence-electron chi connectivity index (χ4n) is 2.57. The van der Waals surface area contributed by atoms with Crippen molar-refractivity contribution < 1.29 is 4.79 Å². The van der Waals surface area contributed by atoms with Gasteiger partial charge in [0.15, 0.2) is 0 Å². The van der Waals surface area contributed by atoms with Crippen LogP contribution in [0.5, 0.6) is 0 Å². The molecule has 0 heterocycles. The number of aryl methyl sites for hydroxylation is 1. The van der Waals surface area contributed by atoms with Gasteiger partial charge in [-0.2, -0.15) is 0 Å². The van der Waals surface area contributed by atoms with Gasteiger partial charge < -0.3 is 10.6 Å². The van der Waals surface area contributed by atoms with E-state index in [2.05, 4.69) is 39.6 Å². The molecule has 0 aliphatic heterocycles. The van der Waals surface area contributed by atoms with Gasteiger partial charge in [0.05, 0.1) is 0 Å². The van der Waals surface area contributed by atoms with E-state index in [4.69, 9.17) is 0 Å². The van der Waals surface area contributed by atoms with Gasteiger partial charge in [-0.25, -0.2) is 4.79 Å². The van der Waals surface area contributed by atoms with Crippen LogP contribution in [0.3, 0.4) is 0 Å². The minimum absolute atomic E-state index is 0.0797. The quantitative estimate of drug-likeness (QED) is 0.846. The van der Waals surface area contributed by atoms with Crippen LogP contribution < -0.4 is 10.6 Å². The maximum absolute atomic E-state index is 12.0. The van der Waals surface area contributed by atoms with Crippen LogP contribution in [0, 0.1) is 0 Å². The van der Waals surface area contributed by atoms with E-state index in [0.29, 0.717) is 6.04 Å². The molecule has 1 fully saturated rings. The summed E-state index contributed by atoms with van der Waals surface area (Å²) in [6, 6.07) is 6.22. The van der Waals surface area contributed by atoms with E-state index in [0.717, 1.165) is 35.0 Å². The highest BCUT2D eigenvalue weighted by atomic mass is 79.9. The Labute approximate surface area is 123 Å². The number of amides is 2. The fraction of sp³-hybridized carbons (Fsp3) is 0.533. The summed E-state index contributed by atoms with van der Waals surface area (Å²) in [5.41, 5.74) is 2.05. The topological polar surface area (TPSA) is 41.1 Å². The van der Waals surface area contributed by atoms with Crippen molar-refractivity contribution in [1.82, 2.24) is 5.32 Å². The lowest BCUT2D eigenvalue weighted by Crippen LogP contribution is -2.39. The smallest absolute Gasteiger partial charge is 0.319 e. The molecule has 2 N–H and O–H groups in total. The first-order chi connectivity index (χ1) is 9.19. The van der Waals surface area contributed by atoms with Crippen LogP contribution in [-0.4, -0.2) is 12.1 Å². The molecule has 0 saturated heterocycles. The Morgan fingerprint density at radius 3 is 2.74 bits per heavy atom. The summed E-state index contributed by atoms with van der Waals surface area (Å²) >= 11 is 3.45. The normalized spacial score (nSPS) is 16.1. The molecule has 104 valence electrons. The summed E-state index contributed by atoms with van der Waals surface area (Å²) in [7, 11) is 0. The number of hydrogen-bond acceptors (Lipinski definition) is 1. The van der Waals surface area contributed by atoms with Crippen LogP contribution in [-0.2, 0) is 6.42 Å². The van der Waals surface area contributed by atoms with Gasteiger partial charge >= 0.3 is 6.03 Å². The van der Waals surface area contributed by atoms with Crippen LogP contribution in [0.4, 0.5) is 10.5 Å². The number of benzene rings is 1. The zero-order valence-corrected chi connectivity index (χ0v) is 12.9. The van der Waals surface area contributed by atoms with E-state index in [-0.39, 0.29) is 6.03 Å². The Morgan fingerprint density at radius 1 is 1.32 bits per heavy atom. The number of urea groups is 1. The van der Waals surface area contributed by atoms with Crippen LogP contribution in [0.15, 0.2) is 22.7 Å². The fourth-order valence-corrected chi connectivity index (χ4v) is 2.98. The molecule has 0 aromatic heterocycles. The second-order valence-corrected chi connectivity index (χ2v) is 6.00. The molecule has 0 bridgehead atoms. The van der Waals surface area contributed by atoms with E-state index in [1.807, 2.05) is 12.1 Å².